The van der Waals surface area contributed by atoms with Crippen molar-refractivity contribution in [1.82, 2.24) is 0 Å². The lowest BCUT2D eigenvalue weighted by Crippen LogP contribution is -2.22. The number of ether oxygens (including phenoxy) is 1. The molecule has 2 aliphatic rings. The molecule has 0 saturated heterocycles. The first kappa shape index (κ1) is 9.00. The van der Waals surface area contributed by atoms with Gasteiger partial charge in [-0.1, -0.05) is 19.3 Å². The van der Waals surface area contributed by atoms with E-state index < -0.39 is 0 Å². The predicted molar refractivity (Wildman–Crippen MR) is 52.8 cm³/mol. The van der Waals surface area contributed by atoms with Crippen LogP contribution in [-0.2, 0) is 4.74 Å². The third-order valence-electron chi connectivity index (χ3n) is 3.10. The smallest absolute Gasteiger partial charge is 0.197 e. The molecular formula is C10H18N2O. The molecule has 74 valence electrons. The van der Waals surface area contributed by atoms with Crippen molar-refractivity contribution in [3.8, 4) is 0 Å². The Balaban J connectivity index is 1.90. The van der Waals surface area contributed by atoms with Gasteiger partial charge >= 0.3 is 0 Å². The first-order valence-corrected chi connectivity index (χ1v) is 5.29. The molecule has 2 rings (SSSR count). The van der Waals surface area contributed by atoms with Crippen LogP contribution in [-0.4, -0.2) is 25.1 Å². The van der Waals surface area contributed by atoms with Crippen LogP contribution in [0.1, 0.15) is 32.1 Å². The van der Waals surface area contributed by atoms with Gasteiger partial charge in [-0.15, -0.1) is 0 Å². The molecule has 1 unspecified atom stereocenters. The summed E-state index contributed by atoms with van der Waals surface area (Å²) in [6.07, 6.45) is 6.80. The second-order valence-corrected chi connectivity index (χ2v) is 4.00. The summed E-state index contributed by atoms with van der Waals surface area (Å²) < 4.78 is 5.39. The van der Waals surface area contributed by atoms with E-state index in [0.717, 1.165) is 18.4 Å². The molecule has 0 aromatic carbocycles. The Hall–Kier alpha value is -0.570. The van der Waals surface area contributed by atoms with Crippen LogP contribution in [0.3, 0.4) is 0 Å². The van der Waals surface area contributed by atoms with E-state index >= 15 is 0 Å². The van der Waals surface area contributed by atoms with Crippen molar-refractivity contribution in [2.45, 2.75) is 38.1 Å². The second kappa shape index (κ2) is 4.09. The highest BCUT2D eigenvalue weighted by Gasteiger charge is 2.27. The molecule has 0 spiro atoms. The Bertz CT molecular complexity index is 197. The fraction of sp³-hybridized carbons (Fsp3) is 0.900. The average Bonchev–Trinajstić information content (AvgIpc) is 2.67. The maximum atomic E-state index is 5.47. The van der Waals surface area contributed by atoms with E-state index in [2.05, 4.69) is 4.99 Å². The third-order valence-corrected chi connectivity index (χ3v) is 3.10. The molecule has 0 amide bonds. The van der Waals surface area contributed by atoms with Crippen LogP contribution in [0, 0.1) is 5.92 Å². The molecule has 1 saturated carbocycles. The van der Waals surface area contributed by atoms with E-state index in [1.165, 1.54) is 32.1 Å². The van der Waals surface area contributed by atoms with Gasteiger partial charge in [0, 0.05) is 0 Å². The minimum atomic E-state index is 0.416. The molecule has 3 heteroatoms. The highest BCUT2D eigenvalue weighted by molar-refractivity contribution is 5.79. The Morgan fingerprint density at radius 1 is 1.31 bits per heavy atom. The van der Waals surface area contributed by atoms with Gasteiger partial charge in [-0.25, -0.2) is 4.99 Å². The lowest BCUT2D eigenvalue weighted by Gasteiger charge is -2.24. The van der Waals surface area contributed by atoms with Crippen LogP contribution in [0.15, 0.2) is 4.99 Å². The summed E-state index contributed by atoms with van der Waals surface area (Å²) in [5.41, 5.74) is 5.47. The molecule has 13 heavy (non-hydrogen) atoms. The second-order valence-electron chi connectivity index (χ2n) is 4.00. The summed E-state index contributed by atoms with van der Waals surface area (Å²) >= 11 is 0. The van der Waals surface area contributed by atoms with Crippen molar-refractivity contribution in [2.24, 2.45) is 16.6 Å². The standard InChI is InChI=1S/C10H18N2O/c11-6-10-12-9(7-13-10)8-4-2-1-3-5-8/h8-9H,1-7,11H2. The molecule has 1 aliphatic carbocycles. The fourth-order valence-electron chi connectivity index (χ4n) is 2.31. The SMILES string of the molecule is NCC1=NC(C2CCCCC2)CO1. The molecule has 0 aromatic rings. The summed E-state index contributed by atoms with van der Waals surface area (Å²) in [5.74, 6) is 1.52. The number of rotatable bonds is 2. The number of nitrogens with two attached hydrogens (primary N) is 1. The van der Waals surface area contributed by atoms with Crippen molar-refractivity contribution < 1.29 is 4.74 Å². The largest absolute Gasteiger partial charge is 0.478 e. The van der Waals surface area contributed by atoms with Crippen LogP contribution in [0.2, 0.25) is 0 Å². The fourth-order valence-corrected chi connectivity index (χ4v) is 2.31. The molecule has 1 heterocycles. The van der Waals surface area contributed by atoms with Crippen LogP contribution >= 0.6 is 0 Å². The number of hydrogen-bond acceptors (Lipinski definition) is 3. The summed E-state index contributed by atoms with van der Waals surface area (Å²) in [4.78, 5) is 4.50. The minimum Gasteiger partial charge on any atom is -0.478 e. The highest BCUT2D eigenvalue weighted by Crippen LogP contribution is 2.29. The van der Waals surface area contributed by atoms with E-state index in [9.17, 15) is 0 Å². The van der Waals surface area contributed by atoms with Gasteiger partial charge in [0.1, 0.15) is 6.61 Å². The number of aliphatic imine (C=N–C) groups is 1. The van der Waals surface area contributed by atoms with Crippen LogP contribution in [0.5, 0.6) is 0 Å². The Morgan fingerprint density at radius 3 is 2.69 bits per heavy atom. The molecular weight excluding hydrogens is 164 g/mol. The molecule has 0 radical (unpaired) electrons. The van der Waals surface area contributed by atoms with Gasteiger partial charge in [-0.2, -0.15) is 0 Å². The lowest BCUT2D eigenvalue weighted by atomic mass is 9.84. The van der Waals surface area contributed by atoms with Crippen LogP contribution < -0.4 is 5.73 Å². The zero-order chi connectivity index (χ0) is 9.10. The third kappa shape index (κ3) is 2.02. The minimum absolute atomic E-state index is 0.416. The molecule has 1 atom stereocenters. The zero-order valence-corrected chi connectivity index (χ0v) is 8.04. The normalized spacial score (nSPS) is 29.9. The number of hydrogen-bond donors (Lipinski definition) is 1. The quantitative estimate of drug-likeness (QED) is 0.700. The maximum Gasteiger partial charge on any atom is 0.197 e. The van der Waals surface area contributed by atoms with E-state index in [0.29, 0.717) is 12.6 Å². The monoisotopic (exact) mass is 182 g/mol. The Morgan fingerprint density at radius 2 is 2.08 bits per heavy atom. The van der Waals surface area contributed by atoms with Gasteiger partial charge in [0.05, 0.1) is 12.6 Å². The van der Waals surface area contributed by atoms with Crippen molar-refractivity contribution in [1.29, 1.82) is 0 Å². The van der Waals surface area contributed by atoms with Gasteiger partial charge in [-0.05, 0) is 18.8 Å². The first-order chi connectivity index (χ1) is 6.40. The highest BCUT2D eigenvalue weighted by atomic mass is 16.5. The summed E-state index contributed by atoms with van der Waals surface area (Å²) in [6.45, 7) is 1.24. The molecule has 1 aliphatic heterocycles. The lowest BCUT2D eigenvalue weighted by molar-refractivity contribution is 0.239. The zero-order valence-electron chi connectivity index (χ0n) is 8.04. The Kier molecular flexibility index (Phi) is 2.83. The summed E-state index contributed by atoms with van der Waals surface area (Å²) in [5, 5.41) is 0. The summed E-state index contributed by atoms with van der Waals surface area (Å²) in [7, 11) is 0. The first-order valence-electron chi connectivity index (χ1n) is 5.29. The molecule has 2 N–H and O–H groups in total. The van der Waals surface area contributed by atoms with Gasteiger partial charge in [0.25, 0.3) is 0 Å². The molecule has 0 aromatic heterocycles. The van der Waals surface area contributed by atoms with Gasteiger partial charge in [-0.3, -0.25) is 0 Å². The Labute approximate surface area is 79.4 Å². The molecule has 0 bridgehead atoms. The van der Waals surface area contributed by atoms with Gasteiger partial charge < -0.3 is 10.5 Å². The maximum absolute atomic E-state index is 5.47. The van der Waals surface area contributed by atoms with E-state index in [1.807, 2.05) is 0 Å². The molecule has 1 fully saturated rings. The molecule has 3 nitrogen and oxygen atoms in total. The van der Waals surface area contributed by atoms with Crippen molar-refractivity contribution in [2.75, 3.05) is 13.2 Å². The topological polar surface area (TPSA) is 47.6 Å². The van der Waals surface area contributed by atoms with Crippen molar-refractivity contribution >= 4 is 5.90 Å². The van der Waals surface area contributed by atoms with Crippen LogP contribution in [0.25, 0.3) is 0 Å². The van der Waals surface area contributed by atoms with Gasteiger partial charge in [0.2, 0.25) is 0 Å². The number of nitrogens with zero attached hydrogens (tertiary/aromatic N) is 1. The van der Waals surface area contributed by atoms with Crippen LogP contribution in [0.4, 0.5) is 0 Å². The van der Waals surface area contributed by atoms with Crippen molar-refractivity contribution in [3.05, 3.63) is 0 Å². The van der Waals surface area contributed by atoms with E-state index in [-0.39, 0.29) is 0 Å². The van der Waals surface area contributed by atoms with E-state index in [4.69, 9.17) is 10.5 Å². The summed E-state index contributed by atoms with van der Waals surface area (Å²) in [6, 6.07) is 0.416. The average molecular weight is 182 g/mol. The van der Waals surface area contributed by atoms with E-state index in [1.54, 1.807) is 0 Å². The predicted octanol–water partition coefficient (Wildman–Crippen LogP) is 1.32. The van der Waals surface area contributed by atoms with Gasteiger partial charge in [0.15, 0.2) is 5.90 Å². The van der Waals surface area contributed by atoms with Crippen molar-refractivity contribution in [3.63, 3.8) is 0 Å².